The molecule has 1 aromatic heterocycles. The zero-order chi connectivity index (χ0) is 22.1. The standard InChI is InChI=1S/C23H16Cl2N2O4/c1-31-15-9-10-17(25)16(12-15)21(28)19-20(18-4-2-3-11-26-18)27(23(30)22(19)29)14-7-5-13(24)6-8-14/h2-12,20,28H,1H3/b21-19+. The number of rotatable bonds is 4. The van der Waals surface area contributed by atoms with Crippen molar-refractivity contribution in [1.82, 2.24) is 4.98 Å². The van der Waals surface area contributed by atoms with Crippen LogP contribution in [0, 0.1) is 0 Å². The molecular formula is C23H16Cl2N2O4. The number of anilines is 1. The average Bonchev–Trinajstić information content (AvgIpc) is 3.05. The number of pyridine rings is 1. The van der Waals surface area contributed by atoms with Gasteiger partial charge in [-0.15, -0.1) is 0 Å². The number of benzene rings is 2. The molecule has 2 heterocycles. The van der Waals surface area contributed by atoms with E-state index in [1.807, 2.05) is 0 Å². The van der Waals surface area contributed by atoms with Crippen LogP contribution >= 0.6 is 23.2 Å². The van der Waals surface area contributed by atoms with E-state index in [-0.39, 0.29) is 16.2 Å². The largest absolute Gasteiger partial charge is 0.507 e. The van der Waals surface area contributed by atoms with Crippen molar-refractivity contribution in [1.29, 1.82) is 0 Å². The highest BCUT2D eigenvalue weighted by atomic mass is 35.5. The lowest BCUT2D eigenvalue weighted by molar-refractivity contribution is -0.132. The first-order valence-electron chi connectivity index (χ1n) is 9.23. The number of ketones is 1. The summed E-state index contributed by atoms with van der Waals surface area (Å²) in [6.07, 6.45) is 1.55. The summed E-state index contributed by atoms with van der Waals surface area (Å²) in [5, 5.41) is 11.8. The van der Waals surface area contributed by atoms with Crippen molar-refractivity contribution in [2.75, 3.05) is 12.0 Å². The number of hydrogen-bond donors (Lipinski definition) is 1. The van der Waals surface area contributed by atoms with Crippen LogP contribution in [-0.2, 0) is 9.59 Å². The molecule has 1 aliphatic rings. The maximum atomic E-state index is 13.1. The molecule has 2 aromatic carbocycles. The Hall–Kier alpha value is -3.35. The van der Waals surface area contributed by atoms with E-state index in [4.69, 9.17) is 27.9 Å². The molecule has 0 spiro atoms. The van der Waals surface area contributed by atoms with E-state index >= 15 is 0 Å². The van der Waals surface area contributed by atoms with Crippen molar-refractivity contribution in [3.8, 4) is 5.75 Å². The maximum absolute atomic E-state index is 13.1. The molecule has 1 atom stereocenters. The Labute approximate surface area is 188 Å². The third-order valence-electron chi connectivity index (χ3n) is 4.95. The van der Waals surface area contributed by atoms with Gasteiger partial charge in [-0.1, -0.05) is 29.3 Å². The van der Waals surface area contributed by atoms with Crippen molar-refractivity contribution in [3.05, 3.63) is 93.7 Å². The van der Waals surface area contributed by atoms with Gasteiger partial charge in [0, 0.05) is 22.5 Å². The molecule has 0 aliphatic carbocycles. The number of aliphatic hydroxyl groups is 1. The molecule has 31 heavy (non-hydrogen) atoms. The highest BCUT2D eigenvalue weighted by molar-refractivity contribution is 6.52. The van der Waals surface area contributed by atoms with Gasteiger partial charge in [0.15, 0.2) is 0 Å². The Kier molecular flexibility index (Phi) is 5.67. The molecule has 1 fully saturated rings. The smallest absolute Gasteiger partial charge is 0.300 e. The Balaban J connectivity index is 1.96. The fourth-order valence-corrected chi connectivity index (χ4v) is 3.81. The Bertz CT molecular complexity index is 1190. The number of ether oxygens (including phenoxy) is 1. The maximum Gasteiger partial charge on any atom is 0.300 e. The normalized spacial score (nSPS) is 17.8. The first kappa shape index (κ1) is 20.9. The summed E-state index contributed by atoms with van der Waals surface area (Å²) < 4.78 is 5.20. The summed E-state index contributed by atoms with van der Waals surface area (Å²) in [5.41, 5.74) is 0.917. The predicted molar refractivity (Wildman–Crippen MR) is 118 cm³/mol. The zero-order valence-electron chi connectivity index (χ0n) is 16.3. The van der Waals surface area contributed by atoms with Gasteiger partial charge in [-0.05, 0) is 54.6 Å². The average molecular weight is 455 g/mol. The number of aromatic nitrogens is 1. The molecule has 4 rings (SSSR count). The van der Waals surface area contributed by atoms with Crippen molar-refractivity contribution >= 4 is 46.3 Å². The van der Waals surface area contributed by atoms with Crippen LogP contribution in [0.15, 0.2) is 72.4 Å². The Morgan fingerprint density at radius 1 is 1.06 bits per heavy atom. The van der Waals surface area contributed by atoms with Crippen molar-refractivity contribution in [2.24, 2.45) is 0 Å². The molecule has 1 N–H and O–H groups in total. The minimum absolute atomic E-state index is 0.117. The Morgan fingerprint density at radius 3 is 2.45 bits per heavy atom. The van der Waals surface area contributed by atoms with Gasteiger partial charge in [0.05, 0.1) is 23.4 Å². The van der Waals surface area contributed by atoms with Gasteiger partial charge in [-0.3, -0.25) is 19.5 Å². The number of carbonyl (C=O) groups excluding carboxylic acids is 2. The monoisotopic (exact) mass is 454 g/mol. The van der Waals surface area contributed by atoms with Gasteiger partial charge in [-0.25, -0.2) is 0 Å². The van der Waals surface area contributed by atoms with Gasteiger partial charge in [0.1, 0.15) is 17.6 Å². The molecule has 1 amide bonds. The second kappa shape index (κ2) is 8.41. The second-order valence-corrected chi connectivity index (χ2v) is 7.59. The van der Waals surface area contributed by atoms with Gasteiger partial charge < -0.3 is 9.84 Å². The molecule has 1 unspecified atom stereocenters. The van der Waals surface area contributed by atoms with Gasteiger partial charge in [-0.2, -0.15) is 0 Å². The van der Waals surface area contributed by atoms with Crippen LogP contribution in [-0.4, -0.2) is 28.9 Å². The number of aliphatic hydroxyl groups excluding tert-OH is 1. The highest BCUT2D eigenvalue weighted by Crippen LogP contribution is 2.42. The van der Waals surface area contributed by atoms with Crippen LogP contribution in [0.4, 0.5) is 5.69 Å². The molecule has 0 radical (unpaired) electrons. The summed E-state index contributed by atoms with van der Waals surface area (Å²) >= 11 is 12.3. The van der Waals surface area contributed by atoms with Crippen molar-refractivity contribution < 1.29 is 19.4 Å². The van der Waals surface area contributed by atoms with E-state index in [0.717, 1.165) is 0 Å². The van der Waals surface area contributed by atoms with Gasteiger partial charge in [0.25, 0.3) is 11.7 Å². The molecule has 3 aromatic rings. The molecular weight excluding hydrogens is 439 g/mol. The van der Waals surface area contributed by atoms with Crippen molar-refractivity contribution in [3.63, 3.8) is 0 Å². The number of carbonyl (C=O) groups is 2. The fourth-order valence-electron chi connectivity index (χ4n) is 3.48. The van der Waals surface area contributed by atoms with Gasteiger partial charge >= 0.3 is 0 Å². The quantitative estimate of drug-likeness (QED) is 0.340. The Morgan fingerprint density at radius 2 is 1.81 bits per heavy atom. The number of Topliss-reactive ketones (excluding diaryl/α,β-unsaturated/α-hetero) is 1. The second-order valence-electron chi connectivity index (χ2n) is 6.75. The lowest BCUT2D eigenvalue weighted by Gasteiger charge is -2.24. The molecule has 0 bridgehead atoms. The molecule has 1 aliphatic heterocycles. The van der Waals surface area contributed by atoms with E-state index < -0.39 is 23.5 Å². The number of amides is 1. The van der Waals surface area contributed by atoms with Crippen molar-refractivity contribution in [2.45, 2.75) is 6.04 Å². The minimum Gasteiger partial charge on any atom is -0.507 e. The SMILES string of the molecule is COc1ccc(Cl)c(/C(O)=C2\C(=O)C(=O)N(c3ccc(Cl)cc3)C2c2ccccn2)c1. The molecule has 0 saturated carbocycles. The third-order valence-corrected chi connectivity index (χ3v) is 5.53. The topological polar surface area (TPSA) is 79.7 Å². The molecule has 6 nitrogen and oxygen atoms in total. The molecule has 1 saturated heterocycles. The summed E-state index contributed by atoms with van der Waals surface area (Å²) in [4.78, 5) is 31.7. The summed E-state index contributed by atoms with van der Waals surface area (Å²) in [5.74, 6) is -1.61. The number of nitrogens with zero attached hydrogens (tertiary/aromatic N) is 2. The summed E-state index contributed by atoms with van der Waals surface area (Å²) in [6, 6.07) is 15.3. The van der Waals surface area contributed by atoms with Crippen LogP contribution in [0.5, 0.6) is 5.75 Å². The van der Waals surface area contributed by atoms with Crippen LogP contribution in [0.25, 0.3) is 5.76 Å². The summed E-state index contributed by atoms with van der Waals surface area (Å²) in [6.45, 7) is 0. The third kappa shape index (κ3) is 3.76. The first-order valence-corrected chi connectivity index (χ1v) is 9.99. The fraction of sp³-hybridized carbons (Fsp3) is 0.0870. The first-order chi connectivity index (χ1) is 14.9. The minimum atomic E-state index is -0.954. The van der Waals surface area contributed by atoms with E-state index in [1.54, 1.807) is 60.8 Å². The lowest BCUT2D eigenvalue weighted by atomic mass is 9.98. The molecule has 156 valence electrons. The van der Waals surface area contributed by atoms with Crippen LogP contribution in [0.1, 0.15) is 17.3 Å². The lowest BCUT2D eigenvalue weighted by Crippen LogP contribution is -2.29. The number of methoxy groups -OCH3 is 1. The summed E-state index contributed by atoms with van der Waals surface area (Å²) in [7, 11) is 1.47. The molecule has 8 heteroatoms. The van der Waals surface area contributed by atoms with Crippen LogP contribution in [0.3, 0.4) is 0 Å². The van der Waals surface area contributed by atoms with Gasteiger partial charge in [0.2, 0.25) is 0 Å². The van der Waals surface area contributed by atoms with E-state index in [2.05, 4.69) is 4.98 Å². The van der Waals surface area contributed by atoms with Crippen LogP contribution in [0.2, 0.25) is 10.0 Å². The number of halogens is 2. The zero-order valence-corrected chi connectivity index (χ0v) is 17.8. The highest BCUT2D eigenvalue weighted by Gasteiger charge is 2.47. The predicted octanol–water partition coefficient (Wildman–Crippen LogP) is 5.02. The number of hydrogen-bond acceptors (Lipinski definition) is 5. The van der Waals surface area contributed by atoms with E-state index in [0.29, 0.717) is 22.2 Å². The van der Waals surface area contributed by atoms with E-state index in [1.165, 1.54) is 18.1 Å². The van der Waals surface area contributed by atoms with E-state index in [9.17, 15) is 14.7 Å². The van der Waals surface area contributed by atoms with Crippen LogP contribution < -0.4 is 9.64 Å².